The van der Waals surface area contributed by atoms with E-state index in [1.807, 2.05) is 0 Å². The maximum Gasteiger partial charge on any atom is 0.254 e. The molecule has 19 heavy (non-hydrogen) atoms. The summed E-state index contributed by atoms with van der Waals surface area (Å²) in [5, 5.41) is 9.09. The molecule has 1 aliphatic rings. The van der Waals surface area contributed by atoms with E-state index in [4.69, 9.17) is 19.5 Å². The minimum Gasteiger partial charge on any atom is -0.493 e. The van der Waals surface area contributed by atoms with E-state index in [2.05, 4.69) is 6.07 Å². The number of benzene rings is 1. The Morgan fingerprint density at radius 2 is 2.11 bits per heavy atom. The number of carbonyl (C=O) groups excluding carboxylic acids is 1. The molecule has 0 saturated carbocycles. The first-order valence-electron chi connectivity index (χ1n) is 5.72. The Kier molecular flexibility index (Phi) is 3.88. The summed E-state index contributed by atoms with van der Waals surface area (Å²) in [6, 6.07) is 6.52. The van der Waals surface area contributed by atoms with Crippen LogP contribution < -0.4 is 14.4 Å². The van der Waals surface area contributed by atoms with Gasteiger partial charge in [0, 0.05) is 11.8 Å². The van der Waals surface area contributed by atoms with Crippen LogP contribution in [0.1, 0.15) is 0 Å². The van der Waals surface area contributed by atoms with E-state index in [0.29, 0.717) is 17.2 Å². The summed E-state index contributed by atoms with van der Waals surface area (Å²) in [6.45, 7) is 0.184. The van der Waals surface area contributed by atoms with E-state index >= 15 is 0 Å². The molecule has 1 atom stereocenters. The minimum atomic E-state index is -0.626. The van der Waals surface area contributed by atoms with Crippen LogP contribution >= 0.6 is 0 Å². The molecule has 0 spiro atoms. The average Bonchev–Trinajstić information content (AvgIpc) is 2.46. The van der Waals surface area contributed by atoms with E-state index < -0.39 is 6.04 Å². The lowest BCUT2D eigenvalue weighted by Gasteiger charge is -2.31. The van der Waals surface area contributed by atoms with Crippen LogP contribution in [-0.2, 0) is 9.53 Å². The van der Waals surface area contributed by atoms with Gasteiger partial charge in [-0.05, 0) is 12.1 Å². The fourth-order valence-electron chi connectivity index (χ4n) is 1.97. The number of morpholine rings is 1. The topological polar surface area (TPSA) is 71.8 Å². The molecule has 1 aliphatic heterocycles. The van der Waals surface area contributed by atoms with Gasteiger partial charge in [0.05, 0.1) is 26.9 Å². The lowest BCUT2D eigenvalue weighted by molar-refractivity contribution is -0.126. The van der Waals surface area contributed by atoms with Crippen LogP contribution in [0, 0.1) is 11.3 Å². The molecule has 6 nitrogen and oxygen atoms in total. The molecular formula is C13H14N2O4. The van der Waals surface area contributed by atoms with Gasteiger partial charge in [-0.2, -0.15) is 5.26 Å². The van der Waals surface area contributed by atoms with Gasteiger partial charge in [-0.1, -0.05) is 0 Å². The van der Waals surface area contributed by atoms with Crippen molar-refractivity contribution in [1.29, 1.82) is 5.26 Å². The first-order chi connectivity index (χ1) is 9.21. The molecule has 1 aromatic rings. The van der Waals surface area contributed by atoms with Crippen LogP contribution in [0.15, 0.2) is 18.2 Å². The third-order valence-corrected chi connectivity index (χ3v) is 2.88. The Balaban J connectivity index is 2.39. The summed E-state index contributed by atoms with van der Waals surface area (Å²) >= 11 is 0. The number of hydrogen-bond acceptors (Lipinski definition) is 5. The molecular weight excluding hydrogens is 248 g/mol. The third kappa shape index (κ3) is 2.46. The van der Waals surface area contributed by atoms with E-state index in [0.717, 1.165) is 0 Å². The van der Waals surface area contributed by atoms with Gasteiger partial charge >= 0.3 is 0 Å². The van der Waals surface area contributed by atoms with Crippen LogP contribution in [0.5, 0.6) is 11.5 Å². The highest BCUT2D eigenvalue weighted by Gasteiger charge is 2.30. The molecule has 1 fully saturated rings. The molecule has 0 radical (unpaired) electrons. The van der Waals surface area contributed by atoms with Crippen molar-refractivity contribution in [2.75, 3.05) is 32.3 Å². The number of anilines is 1. The number of ether oxygens (including phenoxy) is 3. The molecule has 0 aliphatic carbocycles. The first kappa shape index (κ1) is 13.2. The van der Waals surface area contributed by atoms with E-state index in [9.17, 15) is 4.79 Å². The van der Waals surface area contributed by atoms with Crippen molar-refractivity contribution in [2.24, 2.45) is 0 Å². The molecule has 6 heteroatoms. The minimum absolute atomic E-state index is 0.0213. The average molecular weight is 262 g/mol. The Bertz CT molecular complexity index is 524. The fourth-order valence-corrected chi connectivity index (χ4v) is 1.97. The monoisotopic (exact) mass is 262 g/mol. The van der Waals surface area contributed by atoms with Gasteiger partial charge in [-0.15, -0.1) is 0 Å². The first-order valence-corrected chi connectivity index (χ1v) is 5.72. The quantitative estimate of drug-likeness (QED) is 0.811. The highest BCUT2D eigenvalue weighted by atomic mass is 16.5. The zero-order valence-corrected chi connectivity index (χ0v) is 10.8. The number of amides is 1. The smallest absolute Gasteiger partial charge is 0.254 e. The third-order valence-electron chi connectivity index (χ3n) is 2.88. The maximum atomic E-state index is 11.9. The molecule has 0 N–H and O–H groups in total. The maximum absolute atomic E-state index is 11.9. The second-order valence-electron chi connectivity index (χ2n) is 3.96. The lowest BCUT2D eigenvalue weighted by Crippen LogP contribution is -2.49. The van der Waals surface area contributed by atoms with Crippen molar-refractivity contribution in [3.8, 4) is 17.6 Å². The largest absolute Gasteiger partial charge is 0.493 e. The van der Waals surface area contributed by atoms with Gasteiger partial charge in [0.15, 0.2) is 11.5 Å². The van der Waals surface area contributed by atoms with Gasteiger partial charge < -0.3 is 14.2 Å². The van der Waals surface area contributed by atoms with E-state index in [1.54, 1.807) is 18.2 Å². The molecule has 0 bridgehead atoms. The summed E-state index contributed by atoms with van der Waals surface area (Å²) in [6.07, 6.45) is 0. The number of hydrogen-bond donors (Lipinski definition) is 0. The second kappa shape index (κ2) is 5.59. The van der Waals surface area contributed by atoms with Crippen molar-refractivity contribution < 1.29 is 19.0 Å². The summed E-state index contributed by atoms with van der Waals surface area (Å²) < 4.78 is 15.4. The summed E-state index contributed by atoms with van der Waals surface area (Å²) in [7, 11) is 3.06. The van der Waals surface area contributed by atoms with Gasteiger partial charge in [0.1, 0.15) is 12.6 Å². The van der Waals surface area contributed by atoms with Crippen molar-refractivity contribution in [3.05, 3.63) is 18.2 Å². The number of carbonyl (C=O) groups is 1. The van der Waals surface area contributed by atoms with Crippen LogP contribution in [-0.4, -0.2) is 39.4 Å². The standard InChI is InChI=1S/C13H14N2O4/c1-17-11-4-3-9(5-12(11)18-2)15-10(6-14)7-19-8-13(15)16/h3-5,10H,7-8H2,1-2H3. The van der Waals surface area contributed by atoms with Crippen molar-refractivity contribution in [3.63, 3.8) is 0 Å². The normalized spacial score (nSPS) is 18.9. The van der Waals surface area contributed by atoms with Crippen LogP contribution in [0.4, 0.5) is 5.69 Å². The second-order valence-corrected chi connectivity index (χ2v) is 3.96. The lowest BCUT2D eigenvalue weighted by atomic mass is 10.2. The van der Waals surface area contributed by atoms with Crippen molar-refractivity contribution in [2.45, 2.75) is 6.04 Å². The molecule has 100 valence electrons. The van der Waals surface area contributed by atoms with Crippen molar-refractivity contribution in [1.82, 2.24) is 0 Å². The van der Waals surface area contributed by atoms with Gasteiger partial charge in [0.25, 0.3) is 5.91 Å². The van der Waals surface area contributed by atoms with Crippen LogP contribution in [0.3, 0.4) is 0 Å². The zero-order chi connectivity index (χ0) is 13.8. The predicted octanol–water partition coefficient (Wildman–Crippen LogP) is 0.959. The fraction of sp³-hybridized carbons (Fsp3) is 0.385. The Morgan fingerprint density at radius 3 is 2.74 bits per heavy atom. The molecule has 1 amide bonds. The number of rotatable bonds is 3. The van der Waals surface area contributed by atoms with Crippen LogP contribution in [0.2, 0.25) is 0 Å². The predicted molar refractivity (Wildman–Crippen MR) is 67.3 cm³/mol. The van der Waals surface area contributed by atoms with Gasteiger partial charge in [0.2, 0.25) is 0 Å². The Morgan fingerprint density at radius 1 is 1.37 bits per heavy atom. The SMILES string of the molecule is COc1ccc(N2C(=O)COCC2C#N)cc1OC. The molecule has 1 unspecified atom stereocenters. The summed E-state index contributed by atoms with van der Waals surface area (Å²) in [5.74, 6) is 0.835. The number of nitrogens with zero attached hydrogens (tertiary/aromatic N) is 2. The molecule has 0 aromatic heterocycles. The zero-order valence-electron chi connectivity index (χ0n) is 10.8. The number of methoxy groups -OCH3 is 2. The Labute approximate surface area is 111 Å². The van der Waals surface area contributed by atoms with Gasteiger partial charge in [-0.25, -0.2) is 0 Å². The van der Waals surface area contributed by atoms with E-state index in [1.165, 1.54) is 19.1 Å². The van der Waals surface area contributed by atoms with E-state index in [-0.39, 0.29) is 19.1 Å². The van der Waals surface area contributed by atoms with Gasteiger partial charge in [-0.3, -0.25) is 9.69 Å². The van der Waals surface area contributed by atoms with Crippen molar-refractivity contribution >= 4 is 11.6 Å². The molecule has 1 heterocycles. The Hall–Kier alpha value is -2.26. The highest BCUT2D eigenvalue weighted by molar-refractivity contribution is 5.96. The number of nitriles is 1. The molecule has 1 saturated heterocycles. The highest BCUT2D eigenvalue weighted by Crippen LogP contribution is 2.32. The summed E-state index contributed by atoms with van der Waals surface area (Å²) in [5.41, 5.74) is 0.595. The summed E-state index contributed by atoms with van der Waals surface area (Å²) in [4.78, 5) is 13.3. The molecule has 2 rings (SSSR count). The van der Waals surface area contributed by atoms with Crippen LogP contribution in [0.25, 0.3) is 0 Å². The molecule has 1 aromatic carbocycles.